The van der Waals surface area contributed by atoms with Crippen LogP contribution in [0.5, 0.6) is 0 Å². The van der Waals surface area contributed by atoms with Crippen LogP contribution in [-0.4, -0.2) is 18.3 Å². The number of nitriles is 1. The Bertz CT molecular complexity index is 8010. The Morgan fingerprint density at radius 1 is 0.242 bits per heavy atom. The lowest BCUT2D eigenvalue weighted by Crippen LogP contribution is -2.28. The summed E-state index contributed by atoms with van der Waals surface area (Å²) < 4.78 is 9.37. The van der Waals surface area contributed by atoms with E-state index in [0.29, 0.717) is 11.3 Å². The van der Waals surface area contributed by atoms with Gasteiger partial charge >= 0.3 is 0 Å². The van der Waals surface area contributed by atoms with Crippen molar-refractivity contribution in [2.24, 2.45) is 0 Å². The second-order valence-electron chi connectivity index (χ2n) is 32.4. The Labute approximate surface area is 694 Å². The van der Waals surface area contributed by atoms with Gasteiger partial charge in [0, 0.05) is 71.3 Å². The summed E-state index contributed by atoms with van der Waals surface area (Å²) in [7, 11) is 0. The zero-order valence-corrected chi connectivity index (χ0v) is 65.9. The van der Waals surface area contributed by atoms with Crippen LogP contribution in [0.2, 0.25) is 0 Å². The van der Waals surface area contributed by atoms with Crippen LogP contribution in [0.4, 0.5) is 5.69 Å². The van der Waals surface area contributed by atoms with Crippen LogP contribution in [0.25, 0.3) is 182 Å². The average Bonchev–Trinajstić information content (AvgIpc) is 1.53. The first-order valence-corrected chi connectivity index (χ1v) is 41.1. The molecule has 0 bridgehead atoms. The van der Waals surface area contributed by atoms with Gasteiger partial charge in [-0.15, -0.1) is 0 Å². The molecule has 0 fully saturated rings. The molecule has 6 nitrogen and oxygen atoms in total. The van der Waals surface area contributed by atoms with Crippen molar-refractivity contribution < 1.29 is 0 Å². The van der Waals surface area contributed by atoms with Gasteiger partial charge in [0.1, 0.15) is 0 Å². The lowest BCUT2D eigenvalue weighted by atomic mass is 9.67. The van der Waals surface area contributed by atoms with E-state index in [-0.39, 0.29) is 5.41 Å². The molecule has 2 aliphatic rings. The minimum absolute atomic E-state index is 0.00500. The molecule has 0 amide bonds. The fourth-order valence-corrected chi connectivity index (χ4v) is 20.2. The summed E-state index contributed by atoms with van der Waals surface area (Å²) in [6, 6.07) is 152. The lowest BCUT2D eigenvalue weighted by molar-refractivity contribution is 0.660. The first-order valence-electron chi connectivity index (χ1n) is 41.1. The van der Waals surface area contributed by atoms with E-state index in [1.807, 2.05) is 42.5 Å². The molecule has 4 heterocycles. The number of hydrogen-bond acceptors (Lipinski definition) is 1. The highest BCUT2D eigenvalue weighted by atomic mass is 15.0. The third-order valence-electron chi connectivity index (χ3n) is 25.8. The molecule has 6 heteroatoms. The van der Waals surface area contributed by atoms with Gasteiger partial charge in [-0.05, 0) is 246 Å². The lowest BCUT2D eigenvalue weighted by Gasteiger charge is -2.33. The predicted molar refractivity (Wildman–Crippen MR) is 498 cm³/mol. The molecular weight excluding hydrogens is 1450 g/mol. The molecule has 0 N–H and O–H groups in total. The van der Waals surface area contributed by atoms with Gasteiger partial charge in [0.25, 0.3) is 0 Å². The Morgan fingerprint density at radius 3 is 0.975 bits per heavy atom. The molecule has 0 spiro atoms. The van der Waals surface area contributed by atoms with E-state index in [0.717, 1.165) is 44.8 Å². The highest BCUT2D eigenvalue weighted by Crippen LogP contribution is 2.57. The second-order valence-corrected chi connectivity index (χ2v) is 32.4. The molecule has 0 radical (unpaired) electrons. The summed E-state index contributed by atoms with van der Waals surface area (Å²) in [5.74, 6) is 0. The molecule has 24 rings (SSSR count). The fourth-order valence-electron chi connectivity index (χ4n) is 20.2. The smallest absolute Gasteiger partial charge is 0.189 e. The molecule has 2 aliphatic carbocycles. The van der Waals surface area contributed by atoms with Crippen molar-refractivity contribution in [3.8, 4) is 95.6 Å². The van der Waals surface area contributed by atoms with Gasteiger partial charge in [0.2, 0.25) is 0 Å². The van der Waals surface area contributed by atoms with E-state index in [1.54, 1.807) is 0 Å². The Morgan fingerprint density at radius 2 is 0.550 bits per heavy atom. The zero-order chi connectivity index (χ0) is 79.9. The number of benzene rings is 18. The highest BCUT2D eigenvalue weighted by Gasteiger charge is 2.46. The fraction of sp³-hybridized carbons (Fsp3) is 0.0351. The van der Waals surface area contributed by atoms with Gasteiger partial charge in [-0.2, -0.15) is 5.26 Å². The molecule has 0 saturated heterocycles. The van der Waals surface area contributed by atoms with Gasteiger partial charge in [0.05, 0.1) is 67.8 Å². The van der Waals surface area contributed by atoms with Crippen LogP contribution < -0.4 is 0 Å². The monoisotopic (exact) mass is 1530 g/mol. The summed E-state index contributed by atoms with van der Waals surface area (Å²) in [4.78, 5) is 3.71. The van der Waals surface area contributed by atoms with Crippen LogP contribution >= 0.6 is 0 Å². The van der Waals surface area contributed by atoms with Crippen molar-refractivity contribution in [1.29, 1.82) is 5.26 Å². The van der Waals surface area contributed by atoms with Crippen molar-refractivity contribution in [2.45, 2.75) is 24.7 Å². The molecule has 0 atom stereocenters. The molecule has 18 aromatic carbocycles. The van der Waals surface area contributed by atoms with E-state index >= 15 is 0 Å². The van der Waals surface area contributed by atoms with E-state index in [4.69, 9.17) is 6.57 Å². The summed E-state index contributed by atoms with van der Waals surface area (Å²) >= 11 is 0. The molecule has 0 unspecified atom stereocenters. The first kappa shape index (κ1) is 69.6. The molecule has 0 aliphatic heterocycles. The van der Waals surface area contributed by atoms with Crippen molar-refractivity contribution in [2.75, 3.05) is 0 Å². The Kier molecular flexibility index (Phi) is 15.9. The largest absolute Gasteiger partial charge is 0.311 e. The SMILES string of the molecule is CC1(C)c2ccccc2-c2cc(-c3ccc(-n4c5ccccc5c5cc(-c6ccc7c(c6)c6ccccc6n7-c6ccc(C#N)cc6)ccc54)cc3)ccc21.[C-]#[N+]c1cccc(-n2c3ccccc3c3cc(-c4ccc5c(c4)c4ccccc4n5-c4ccc(-c5ccc6c(c5)-c5ccccc5C6(c5ccccc5)c5ccccc5)cc4)ccc32)c1. The van der Waals surface area contributed by atoms with Crippen LogP contribution in [0.1, 0.15) is 52.8 Å². The van der Waals surface area contributed by atoms with Crippen molar-refractivity contribution in [3.05, 3.63) is 463 Å². The minimum atomic E-state index is -0.409. The molecule has 120 heavy (non-hydrogen) atoms. The molecular formula is C114H74N6. The number of fused-ring (bicyclic) bond motifs is 18. The van der Waals surface area contributed by atoms with Crippen LogP contribution in [0.15, 0.2) is 413 Å². The first-order chi connectivity index (χ1) is 59.2. The quantitative estimate of drug-likeness (QED) is 0.126. The second kappa shape index (κ2) is 27.4. The Hall–Kier alpha value is -15.9. The maximum absolute atomic E-state index is 9.38. The van der Waals surface area contributed by atoms with Crippen LogP contribution in [0, 0.1) is 17.9 Å². The number of para-hydroxylation sites is 4. The normalized spacial score (nSPS) is 12.9. The van der Waals surface area contributed by atoms with Crippen LogP contribution in [0.3, 0.4) is 0 Å². The summed E-state index contributed by atoms with van der Waals surface area (Å²) in [5.41, 5.74) is 37.3. The van der Waals surface area contributed by atoms with Gasteiger partial charge in [-0.1, -0.05) is 281 Å². The van der Waals surface area contributed by atoms with E-state index in [9.17, 15) is 5.26 Å². The zero-order valence-electron chi connectivity index (χ0n) is 65.9. The third-order valence-corrected chi connectivity index (χ3v) is 25.8. The van der Waals surface area contributed by atoms with Crippen molar-refractivity contribution >= 4 is 92.9 Å². The number of aromatic nitrogens is 4. The standard InChI is InChI=1S/C62H39N3.C52H35N3/c1-63-47-19-14-20-49(40-47)65-59-26-13-10-23-52(59)55-39-44(31-36-61(55)65)43-30-35-60-54(38-43)51-22-9-12-25-58(51)64(60)48-32-27-41(28-33-48)42-29-34-57-53(37-42)50-21-8-11-24-56(50)62(57,45-15-4-2-5-16-45)46-17-6-3-7-18-46;1-52(2)46-12-6-3-9-40(46)43-29-35(19-26-47(43)52)34-17-24-39(25-18-34)55-49-14-8-5-11-42(49)45-31-37(21-28-51(45)55)36-20-27-50-44(30-36)41-10-4-7-13-48(41)54(50)38-22-15-33(32-53)16-23-38/h2-40H;3-31H,1-2H3. The van der Waals surface area contributed by atoms with Gasteiger partial charge in [-0.25, -0.2) is 4.85 Å². The maximum atomic E-state index is 9.38. The maximum Gasteiger partial charge on any atom is 0.189 e. The summed E-state index contributed by atoms with van der Waals surface area (Å²) in [6.45, 7) is 12.3. The topological polar surface area (TPSA) is 47.9 Å². The van der Waals surface area contributed by atoms with E-state index in [1.165, 1.54) is 165 Å². The van der Waals surface area contributed by atoms with Crippen LogP contribution in [-0.2, 0) is 10.8 Å². The van der Waals surface area contributed by atoms with Gasteiger partial charge < -0.3 is 18.3 Å². The number of rotatable bonds is 10. The number of hydrogen-bond donors (Lipinski definition) is 0. The van der Waals surface area contributed by atoms with Crippen molar-refractivity contribution in [3.63, 3.8) is 0 Å². The van der Waals surface area contributed by atoms with Gasteiger partial charge in [0.15, 0.2) is 5.69 Å². The molecule has 4 aromatic heterocycles. The molecule has 0 saturated carbocycles. The van der Waals surface area contributed by atoms with E-state index < -0.39 is 5.41 Å². The predicted octanol–water partition coefficient (Wildman–Crippen LogP) is 29.5. The third kappa shape index (κ3) is 10.7. The van der Waals surface area contributed by atoms with Gasteiger partial charge in [-0.3, -0.25) is 0 Å². The Balaban J connectivity index is 0.000000142. The number of nitrogens with zero attached hydrogens (tertiary/aromatic N) is 6. The summed E-state index contributed by atoms with van der Waals surface area (Å²) in [5, 5.41) is 19.1. The minimum Gasteiger partial charge on any atom is -0.311 e. The highest BCUT2D eigenvalue weighted by molar-refractivity contribution is 6.15. The molecule has 22 aromatic rings. The molecule has 560 valence electrons. The van der Waals surface area contributed by atoms with E-state index in [2.05, 4.69) is 413 Å². The van der Waals surface area contributed by atoms with Crippen molar-refractivity contribution in [1.82, 2.24) is 18.3 Å². The summed E-state index contributed by atoms with van der Waals surface area (Å²) in [6.07, 6.45) is 0. The average molecular weight is 1530 g/mol.